The molecule has 0 radical (unpaired) electrons. The average Bonchev–Trinajstić information content (AvgIpc) is 3.16. The number of benzene rings is 2. The summed E-state index contributed by atoms with van der Waals surface area (Å²) >= 11 is 0. The van der Waals surface area contributed by atoms with E-state index in [2.05, 4.69) is 20.8 Å². The Bertz CT molecular complexity index is 1350. The Labute approximate surface area is 198 Å². The molecule has 8 heteroatoms. The number of hydrogen-bond donors (Lipinski definition) is 2. The third-order valence-electron chi connectivity index (χ3n) is 5.43. The molecule has 0 saturated carbocycles. The molecule has 0 aliphatic rings. The number of fused-ring (bicyclic) bond motifs is 1. The highest BCUT2D eigenvalue weighted by Gasteiger charge is 2.19. The van der Waals surface area contributed by atoms with Crippen LogP contribution in [0.3, 0.4) is 0 Å². The van der Waals surface area contributed by atoms with Gasteiger partial charge in [0, 0.05) is 23.5 Å². The van der Waals surface area contributed by atoms with Gasteiger partial charge in [-0.3, -0.25) is 9.20 Å². The van der Waals surface area contributed by atoms with Crippen LogP contribution in [0.5, 0.6) is 0 Å². The van der Waals surface area contributed by atoms with Gasteiger partial charge in [-0.2, -0.15) is 5.10 Å². The van der Waals surface area contributed by atoms with Crippen LogP contribution in [0.25, 0.3) is 5.52 Å². The number of aryl methyl sites for hydroxylation is 2. The Balaban J connectivity index is 1.60. The third-order valence-corrected chi connectivity index (χ3v) is 5.43. The summed E-state index contributed by atoms with van der Waals surface area (Å²) in [6, 6.07) is 16.9. The van der Waals surface area contributed by atoms with Gasteiger partial charge in [0.2, 0.25) is 5.95 Å². The number of rotatable bonds is 7. The van der Waals surface area contributed by atoms with E-state index in [1.807, 2.05) is 68.5 Å². The Kier molecular flexibility index (Phi) is 6.58. The maximum atomic E-state index is 12.7. The first-order valence-corrected chi connectivity index (χ1v) is 11.1. The van der Waals surface area contributed by atoms with Gasteiger partial charge in [-0.1, -0.05) is 36.4 Å². The van der Waals surface area contributed by atoms with Crippen molar-refractivity contribution in [1.29, 1.82) is 0 Å². The molecule has 1 amide bonds. The molecule has 0 saturated heterocycles. The maximum Gasteiger partial charge on any atom is 0.340 e. The van der Waals surface area contributed by atoms with Crippen LogP contribution >= 0.6 is 0 Å². The molecule has 0 atom stereocenters. The summed E-state index contributed by atoms with van der Waals surface area (Å²) < 4.78 is 7.17. The lowest BCUT2D eigenvalue weighted by atomic mass is 10.1. The number of carbonyl (C=O) groups is 2. The number of nitrogens with one attached hydrogen (secondary N) is 2. The fraction of sp³-hybridized carbons (Fsp3) is 0.231. The number of amides is 1. The molecule has 0 aliphatic carbocycles. The third kappa shape index (κ3) is 4.91. The highest BCUT2D eigenvalue weighted by atomic mass is 16.5. The van der Waals surface area contributed by atoms with Crippen LogP contribution in [0.2, 0.25) is 0 Å². The highest BCUT2D eigenvalue weighted by Crippen LogP contribution is 2.25. The molecule has 2 aromatic carbocycles. The Morgan fingerprint density at radius 1 is 1.06 bits per heavy atom. The van der Waals surface area contributed by atoms with Gasteiger partial charge < -0.3 is 15.4 Å². The van der Waals surface area contributed by atoms with Crippen LogP contribution in [-0.4, -0.2) is 32.6 Å². The van der Waals surface area contributed by atoms with Crippen LogP contribution in [-0.2, 0) is 11.3 Å². The Morgan fingerprint density at radius 2 is 1.82 bits per heavy atom. The van der Waals surface area contributed by atoms with Gasteiger partial charge in [-0.25, -0.2) is 4.79 Å². The summed E-state index contributed by atoms with van der Waals surface area (Å²) in [6.07, 6.45) is 1.37. The summed E-state index contributed by atoms with van der Waals surface area (Å²) in [5.74, 6) is -0.133. The van der Waals surface area contributed by atoms with Crippen LogP contribution in [0.1, 0.15) is 51.4 Å². The zero-order chi connectivity index (χ0) is 24.2. The monoisotopic (exact) mass is 457 g/mol. The van der Waals surface area contributed by atoms with Crippen LogP contribution in [0.15, 0.2) is 60.8 Å². The zero-order valence-corrected chi connectivity index (χ0v) is 19.6. The first kappa shape index (κ1) is 23.0. The minimum atomic E-state index is -0.393. The molecule has 0 bridgehead atoms. The molecule has 0 unspecified atom stereocenters. The zero-order valence-electron chi connectivity index (χ0n) is 19.6. The lowest BCUT2D eigenvalue weighted by Gasteiger charge is -2.13. The molecular formula is C26H27N5O3. The molecular weight excluding hydrogens is 430 g/mol. The van der Waals surface area contributed by atoms with Crippen molar-refractivity contribution in [2.45, 2.75) is 40.3 Å². The smallest absolute Gasteiger partial charge is 0.340 e. The van der Waals surface area contributed by atoms with E-state index < -0.39 is 5.97 Å². The summed E-state index contributed by atoms with van der Waals surface area (Å²) in [5, 5.41) is 14.5. The second kappa shape index (κ2) is 9.74. The summed E-state index contributed by atoms with van der Waals surface area (Å²) in [4.78, 5) is 25.3. The van der Waals surface area contributed by atoms with Crippen molar-refractivity contribution in [2.24, 2.45) is 0 Å². The normalized spacial score (nSPS) is 11.0. The fourth-order valence-electron chi connectivity index (χ4n) is 3.66. The number of aromatic nitrogens is 3. The van der Waals surface area contributed by atoms with E-state index in [9.17, 15) is 9.59 Å². The van der Waals surface area contributed by atoms with Gasteiger partial charge in [-0.05, 0) is 57.0 Å². The maximum absolute atomic E-state index is 12.7. The molecule has 0 fully saturated rings. The fourth-order valence-corrected chi connectivity index (χ4v) is 3.66. The van der Waals surface area contributed by atoms with E-state index in [1.54, 1.807) is 24.4 Å². The average molecular weight is 458 g/mol. The van der Waals surface area contributed by atoms with E-state index in [0.29, 0.717) is 40.5 Å². The quantitative estimate of drug-likeness (QED) is 0.394. The molecule has 2 heterocycles. The van der Waals surface area contributed by atoms with Crippen molar-refractivity contribution in [3.63, 3.8) is 0 Å². The van der Waals surface area contributed by atoms with Gasteiger partial charge in [0.1, 0.15) is 0 Å². The van der Waals surface area contributed by atoms with E-state index in [0.717, 1.165) is 11.1 Å². The number of anilines is 2. The van der Waals surface area contributed by atoms with Gasteiger partial charge in [0.15, 0.2) is 0 Å². The van der Waals surface area contributed by atoms with E-state index >= 15 is 0 Å². The van der Waals surface area contributed by atoms with Gasteiger partial charge in [-0.15, -0.1) is 5.10 Å². The van der Waals surface area contributed by atoms with Crippen LogP contribution < -0.4 is 10.6 Å². The highest BCUT2D eigenvalue weighted by molar-refractivity contribution is 5.95. The second-order valence-electron chi connectivity index (χ2n) is 8.35. The minimum Gasteiger partial charge on any atom is -0.459 e. The second-order valence-corrected chi connectivity index (χ2v) is 8.35. The van der Waals surface area contributed by atoms with Crippen molar-refractivity contribution < 1.29 is 14.3 Å². The first-order chi connectivity index (χ1) is 16.3. The number of nitrogens with zero attached hydrogens (tertiary/aromatic N) is 3. The van der Waals surface area contributed by atoms with Gasteiger partial charge >= 0.3 is 5.97 Å². The Hall–Kier alpha value is -4.20. The summed E-state index contributed by atoms with van der Waals surface area (Å²) in [7, 11) is 0. The van der Waals surface area contributed by atoms with E-state index in [4.69, 9.17) is 4.74 Å². The molecule has 174 valence electrons. The molecule has 2 aromatic heterocycles. The van der Waals surface area contributed by atoms with Crippen molar-refractivity contribution in [2.75, 3.05) is 5.32 Å². The number of hydrogen-bond acceptors (Lipinski definition) is 6. The van der Waals surface area contributed by atoms with Gasteiger partial charge in [0.25, 0.3) is 5.91 Å². The molecule has 4 rings (SSSR count). The predicted octanol–water partition coefficient (Wildman–Crippen LogP) is 4.58. The number of carbonyl (C=O) groups excluding carboxylic acids is 2. The van der Waals surface area contributed by atoms with Crippen LogP contribution in [0.4, 0.5) is 11.6 Å². The van der Waals surface area contributed by atoms with Crippen molar-refractivity contribution >= 4 is 29.0 Å². The predicted molar refractivity (Wildman–Crippen MR) is 130 cm³/mol. The standard InChI is InChI=1S/C26H27N5O3/c1-16(2)34-25(33)22-13-21-15-28-30-26(31(21)18(22)4)29-23-12-20(11-10-17(23)3)24(32)27-14-19-8-6-5-7-9-19/h5-13,15-16H,14H2,1-4H3,(H,27,32)(H,29,30). The van der Waals surface area contributed by atoms with Crippen molar-refractivity contribution in [3.8, 4) is 0 Å². The minimum absolute atomic E-state index is 0.174. The van der Waals surface area contributed by atoms with Crippen molar-refractivity contribution in [3.05, 3.63) is 88.7 Å². The number of esters is 1. The topological polar surface area (TPSA) is 97.6 Å². The van der Waals surface area contributed by atoms with Gasteiger partial charge in [0.05, 0.1) is 23.4 Å². The molecule has 8 nitrogen and oxygen atoms in total. The Morgan fingerprint density at radius 3 is 2.56 bits per heavy atom. The lowest BCUT2D eigenvalue weighted by Crippen LogP contribution is -2.22. The van der Waals surface area contributed by atoms with E-state index in [-0.39, 0.29) is 12.0 Å². The summed E-state index contributed by atoms with van der Waals surface area (Å²) in [6.45, 7) is 7.83. The van der Waals surface area contributed by atoms with Crippen LogP contribution in [0, 0.1) is 13.8 Å². The summed E-state index contributed by atoms with van der Waals surface area (Å²) in [5.41, 5.74) is 5.05. The molecule has 0 spiro atoms. The molecule has 4 aromatic rings. The lowest BCUT2D eigenvalue weighted by molar-refractivity contribution is 0.0377. The molecule has 2 N–H and O–H groups in total. The SMILES string of the molecule is Cc1ccc(C(=O)NCc2ccccc2)cc1Nc1nncc2cc(C(=O)OC(C)C)c(C)n12. The molecule has 34 heavy (non-hydrogen) atoms. The first-order valence-electron chi connectivity index (χ1n) is 11.1. The van der Waals surface area contributed by atoms with E-state index in [1.165, 1.54) is 0 Å². The largest absolute Gasteiger partial charge is 0.459 e. The van der Waals surface area contributed by atoms with Crippen molar-refractivity contribution in [1.82, 2.24) is 19.9 Å². The number of ether oxygens (including phenoxy) is 1. The molecule has 0 aliphatic heterocycles.